The second-order valence-electron chi connectivity index (χ2n) is 4.77. The summed E-state index contributed by atoms with van der Waals surface area (Å²) in [5.74, 6) is -0.158. The Kier molecular flexibility index (Phi) is 8.33. The summed E-state index contributed by atoms with van der Waals surface area (Å²) in [6, 6.07) is 8.92. The monoisotopic (exact) mass is 305 g/mol. The van der Waals surface area contributed by atoms with Gasteiger partial charge in [0.15, 0.2) is 0 Å². The number of hydrogen-bond acceptors (Lipinski definition) is 4. The summed E-state index contributed by atoms with van der Waals surface area (Å²) in [4.78, 5) is 22.0. The van der Waals surface area contributed by atoms with Gasteiger partial charge in [0.1, 0.15) is 0 Å². The van der Waals surface area contributed by atoms with Crippen LogP contribution >= 0.6 is 0 Å². The number of esters is 1. The van der Waals surface area contributed by atoms with Crippen LogP contribution in [-0.2, 0) is 9.53 Å². The molecule has 0 radical (unpaired) electrons. The third-order valence-electron chi connectivity index (χ3n) is 3.01. The molecule has 0 aliphatic rings. The molecule has 0 saturated heterocycles. The Labute approximate surface area is 130 Å². The topological polar surface area (TPSA) is 93.8 Å². The van der Waals surface area contributed by atoms with Crippen LogP contribution < -0.4 is 11.2 Å². The molecule has 0 heterocycles. The van der Waals surface area contributed by atoms with E-state index in [0.717, 1.165) is 30.5 Å². The van der Waals surface area contributed by atoms with Crippen molar-refractivity contribution in [3.05, 3.63) is 35.9 Å². The van der Waals surface area contributed by atoms with E-state index < -0.39 is 6.03 Å². The molecule has 22 heavy (non-hydrogen) atoms. The average Bonchev–Trinajstić information content (AvgIpc) is 2.51. The predicted octanol–water partition coefficient (Wildman–Crippen LogP) is 2.57. The number of amides is 2. The number of rotatable bonds is 9. The van der Waals surface area contributed by atoms with Crippen LogP contribution in [0.25, 0.3) is 0 Å². The molecule has 3 N–H and O–H groups in total. The Morgan fingerprint density at radius 3 is 2.45 bits per heavy atom. The average molecular weight is 305 g/mol. The molecule has 0 spiro atoms. The predicted molar refractivity (Wildman–Crippen MR) is 85.4 cm³/mol. The number of urea groups is 1. The fourth-order valence-electron chi connectivity index (χ4n) is 1.99. The van der Waals surface area contributed by atoms with E-state index in [1.54, 1.807) is 6.92 Å². The Morgan fingerprint density at radius 2 is 1.82 bits per heavy atom. The zero-order chi connectivity index (χ0) is 16.2. The van der Waals surface area contributed by atoms with Crippen molar-refractivity contribution in [2.45, 2.75) is 39.0 Å². The van der Waals surface area contributed by atoms with Crippen LogP contribution in [0.2, 0.25) is 0 Å². The second-order valence-corrected chi connectivity index (χ2v) is 4.77. The lowest BCUT2D eigenvalue weighted by atomic mass is 10.0. The van der Waals surface area contributed by atoms with Gasteiger partial charge in [0.2, 0.25) is 0 Å². The van der Waals surface area contributed by atoms with Crippen molar-refractivity contribution in [2.75, 3.05) is 6.61 Å². The molecular weight excluding hydrogens is 282 g/mol. The molecule has 0 fully saturated rings. The number of primary amides is 1. The van der Waals surface area contributed by atoms with E-state index in [0.29, 0.717) is 19.4 Å². The molecule has 1 aromatic carbocycles. The van der Waals surface area contributed by atoms with E-state index in [4.69, 9.17) is 10.5 Å². The minimum absolute atomic E-state index is 0.158. The highest BCUT2D eigenvalue weighted by Crippen LogP contribution is 2.10. The normalized spacial score (nSPS) is 11.0. The van der Waals surface area contributed by atoms with E-state index >= 15 is 0 Å². The van der Waals surface area contributed by atoms with Gasteiger partial charge >= 0.3 is 12.0 Å². The maximum absolute atomic E-state index is 11.2. The standard InChI is InChI=1S/C16H23N3O3/c1-2-22-15(20)12-8-4-7-11-14(18-19-16(17)21)13-9-5-3-6-10-13/h3,5-6,9-10H,2,4,7-8,11-12H2,1H3,(H3,17,19,21)/b18-14+. The van der Waals surface area contributed by atoms with Crippen molar-refractivity contribution >= 4 is 17.7 Å². The highest BCUT2D eigenvalue weighted by atomic mass is 16.5. The summed E-state index contributed by atoms with van der Waals surface area (Å²) in [6.45, 7) is 2.22. The highest BCUT2D eigenvalue weighted by Gasteiger charge is 2.05. The van der Waals surface area contributed by atoms with Crippen LogP contribution in [-0.4, -0.2) is 24.3 Å². The number of carbonyl (C=O) groups excluding carboxylic acids is 2. The van der Waals surface area contributed by atoms with Crippen molar-refractivity contribution in [2.24, 2.45) is 10.8 Å². The Hall–Kier alpha value is -2.37. The number of benzene rings is 1. The largest absolute Gasteiger partial charge is 0.466 e. The lowest BCUT2D eigenvalue weighted by molar-refractivity contribution is -0.143. The van der Waals surface area contributed by atoms with Gasteiger partial charge in [-0.1, -0.05) is 36.8 Å². The van der Waals surface area contributed by atoms with Gasteiger partial charge in [-0.15, -0.1) is 0 Å². The molecule has 2 amide bonds. The molecule has 1 rings (SSSR count). The van der Waals surface area contributed by atoms with Crippen molar-refractivity contribution in [1.29, 1.82) is 0 Å². The maximum Gasteiger partial charge on any atom is 0.332 e. The highest BCUT2D eigenvalue weighted by molar-refractivity contribution is 6.00. The van der Waals surface area contributed by atoms with Crippen molar-refractivity contribution in [1.82, 2.24) is 5.43 Å². The second kappa shape index (κ2) is 10.4. The number of nitrogens with zero attached hydrogens (tertiary/aromatic N) is 1. The molecular formula is C16H23N3O3. The van der Waals surface area contributed by atoms with E-state index in [2.05, 4.69) is 10.5 Å². The Balaban J connectivity index is 2.44. The summed E-state index contributed by atoms with van der Waals surface area (Å²) in [7, 11) is 0. The van der Waals surface area contributed by atoms with Gasteiger partial charge in [-0.2, -0.15) is 5.10 Å². The smallest absolute Gasteiger partial charge is 0.332 e. The number of hydrazone groups is 1. The number of carbonyl (C=O) groups is 2. The van der Waals surface area contributed by atoms with E-state index in [1.165, 1.54) is 0 Å². The third-order valence-corrected chi connectivity index (χ3v) is 3.01. The van der Waals surface area contributed by atoms with Gasteiger partial charge in [0, 0.05) is 6.42 Å². The first-order valence-corrected chi connectivity index (χ1v) is 7.46. The van der Waals surface area contributed by atoms with Gasteiger partial charge in [-0.05, 0) is 31.7 Å². The first kappa shape index (κ1) is 17.7. The molecule has 6 nitrogen and oxygen atoms in total. The summed E-state index contributed by atoms with van der Waals surface area (Å²) >= 11 is 0. The molecule has 0 aliphatic heterocycles. The van der Waals surface area contributed by atoms with Crippen LogP contribution in [0.3, 0.4) is 0 Å². The van der Waals surface area contributed by atoms with Crippen LogP contribution in [0, 0.1) is 0 Å². The molecule has 0 aromatic heterocycles. The minimum Gasteiger partial charge on any atom is -0.466 e. The van der Waals surface area contributed by atoms with E-state index in [-0.39, 0.29) is 5.97 Å². The van der Waals surface area contributed by atoms with Crippen molar-refractivity contribution in [3.63, 3.8) is 0 Å². The minimum atomic E-state index is -0.684. The van der Waals surface area contributed by atoms with Gasteiger partial charge in [0.05, 0.1) is 12.3 Å². The molecule has 0 atom stereocenters. The maximum atomic E-state index is 11.2. The number of nitrogens with two attached hydrogens (primary N) is 1. The van der Waals surface area contributed by atoms with Gasteiger partial charge in [0.25, 0.3) is 0 Å². The van der Waals surface area contributed by atoms with Gasteiger partial charge in [-0.25, -0.2) is 10.2 Å². The number of unbranched alkanes of at least 4 members (excludes halogenated alkanes) is 2. The molecule has 0 saturated carbocycles. The molecule has 120 valence electrons. The van der Waals surface area contributed by atoms with Crippen LogP contribution in [0.4, 0.5) is 4.79 Å². The summed E-state index contributed by atoms with van der Waals surface area (Å²) in [5.41, 5.74) is 9.04. The summed E-state index contributed by atoms with van der Waals surface area (Å²) in [5, 5.41) is 4.06. The van der Waals surface area contributed by atoms with Crippen LogP contribution in [0.5, 0.6) is 0 Å². The quantitative estimate of drug-likeness (QED) is 0.318. The fraction of sp³-hybridized carbons (Fsp3) is 0.438. The molecule has 1 aromatic rings. The van der Waals surface area contributed by atoms with E-state index in [9.17, 15) is 9.59 Å². The summed E-state index contributed by atoms with van der Waals surface area (Å²) < 4.78 is 4.88. The summed E-state index contributed by atoms with van der Waals surface area (Å²) in [6.07, 6.45) is 3.68. The molecule has 6 heteroatoms. The Bertz CT molecular complexity index is 501. The van der Waals surface area contributed by atoms with E-state index in [1.807, 2.05) is 30.3 Å². The van der Waals surface area contributed by atoms with Crippen LogP contribution in [0.1, 0.15) is 44.6 Å². The van der Waals surface area contributed by atoms with Crippen molar-refractivity contribution in [3.8, 4) is 0 Å². The zero-order valence-corrected chi connectivity index (χ0v) is 12.9. The third kappa shape index (κ3) is 7.42. The lowest BCUT2D eigenvalue weighted by Crippen LogP contribution is -2.26. The Morgan fingerprint density at radius 1 is 1.14 bits per heavy atom. The van der Waals surface area contributed by atoms with Gasteiger partial charge < -0.3 is 10.5 Å². The van der Waals surface area contributed by atoms with Gasteiger partial charge in [-0.3, -0.25) is 4.79 Å². The molecule has 0 unspecified atom stereocenters. The first-order valence-electron chi connectivity index (χ1n) is 7.46. The number of ether oxygens (including phenoxy) is 1. The lowest BCUT2D eigenvalue weighted by Gasteiger charge is -2.07. The molecule has 0 aliphatic carbocycles. The SMILES string of the molecule is CCOC(=O)CCCCC/C(=N\NC(N)=O)c1ccccc1. The fourth-order valence-corrected chi connectivity index (χ4v) is 1.99. The number of nitrogens with one attached hydrogen (secondary N) is 1. The zero-order valence-electron chi connectivity index (χ0n) is 12.9. The molecule has 0 bridgehead atoms. The van der Waals surface area contributed by atoms with Crippen molar-refractivity contribution < 1.29 is 14.3 Å². The van der Waals surface area contributed by atoms with Crippen LogP contribution in [0.15, 0.2) is 35.4 Å². The number of hydrogen-bond donors (Lipinski definition) is 2. The first-order chi connectivity index (χ1) is 10.6.